The van der Waals surface area contributed by atoms with Crippen molar-refractivity contribution in [3.63, 3.8) is 0 Å². The molecule has 1 rings (SSSR count). The van der Waals surface area contributed by atoms with Gasteiger partial charge in [0.15, 0.2) is 0 Å². The van der Waals surface area contributed by atoms with Gasteiger partial charge in [0.1, 0.15) is 0 Å². The van der Waals surface area contributed by atoms with E-state index < -0.39 is 14.8 Å². The SMILES string of the molecule is CC(C)(C)S(=O)(=O)NCC1CCC(Br)C1. The lowest BCUT2D eigenvalue weighted by Crippen LogP contribution is -2.41. The lowest BCUT2D eigenvalue weighted by Gasteiger charge is -2.21. The van der Waals surface area contributed by atoms with Gasteiger partial charge in [-0.25, -0.2) is 13.1 Å². The summed E-state index contributed by atoms with van der Waals surface area (Å²) in [4.78, 5) is 0.571. The summed E-state index contributed by atoms with van der Waals surface area (Å²) < 4.78 is 25.5. The van der Waals surface area contributed by atoms with E-state index in [1.807, 2.05) is 0 Å². The first-order chi connectivity index (χ1) is 6.72. The Hall–Kier alpha value is 0.390. The van der Waals surface area contributed by atoms with Gasteiger partial charge in [-0.15, -0.1) is 0 Å². The highest BCUT2D eigenvalue weighted by molar-refractivity contribution is 9.09. The number of hydrogen-bond acceptors (Lipinski definition) is 2. The summed E-state index contributed by atoms with van der Waals surface area (Å²) in [7, 11) is -3.17. The summed E-state index contributed by atoms with van der Waals surface area (Å²) in [5.41, 5.74) is 0. The van der Waals surface area contributed by atoms with Crippen LogP contribution in [0, 0.1) is 5.92 Å². The van der Waals surface area contributed by atoms with Crippen molar-refractivity contribution in [2.24, 2.45) is 5.92 Å². The van der Waals surface area contributed by atoms with Crippen molar-refractivity contribution in [2.75, 3.05) is 6.54 Å². The molecule has 1 fully saturated rings. The molecule has 1 saturated carbocycles. The molecule has 0 aliphatic heterocycles. The fourth-order valence-electron chi connectivity index (χ4n) is 1.64. The highest BCUT2D eigenvalue weighted by Gasteiger charge is 2.30. The van der Waals surface area contributed by atoms with Crippen LogP contribution in [-0.2, 0) is 10.0 Å². The standard InChI is InChI=1S/C10H20BrNO2S/c1-10(2,3)15(13,14)12-7-8-4-5-9(11)6-8/h8-9,12H,4-7H2,1-3H3. The fourth-order valence-corrected chi connectivity index (χ4v) is 3.32. The smallest absolute Gasteiger partial charge is 0.215 e. The van der Waals surface area contributed by atoms with E-state index in [1.165, 1.54) is 0 Å². The highest BCUT2D eigenvalue weighted by Crippen LogP contribution is 2.30. The molecule has 1 aliphatic carbocycles. The van der Waals surface area contributed by atoms with Crippen molar-refractivity contribution in [3.05, 3.63) is 0 Å². The van der Waals surface area contributed by atoms with Crippen LogP contribution in [0.3, 0.4) is 0 Å². The van der Waals surface area contributed by atoms with Crippen LogP contribution in [-0.4, -0.2) is 24.5 Å². The summed E-state index contributed by atoms with van der Waals surface area (Å²) in [5, 5.41) is 0. The number of alkyl halides is 1. The molecule has 0 radical (unpaired) electrons. The third-order valence-corrected chi connectivity index (χ3v) is 5.84. The summed E-state index contributed by atoms with van der Waals surface area (Å²) in [6.07, 6.45) is 3.34. The molecule has 2 atom stereocenters. The third kappa shape index (κ3) is 3.71. The van der Waals surface area contributed by atoms with E-state index in [0.29, 0.717) is 17.3 Å². The van der Waals surface area contributed by atoms with Crippen LogP contribution in [0.25, 0.3) is 0 Å². The zero-order valence-electron chi connectivity index (χ0n) is 9.59. The molecule has 1 aliphatic rings. The van der Waals surface area contributed by atoms with E-state index in [-0.39, 0.29) is 0 Å². The Morgan fingerprint density at radius 1 is 1.33 bits per heavy atom. The average Bonchev–Trinajstić information content (AvgIpc) is 2.46. The molecule has 0 heterocycles. The summed E-state index contributed by atoms with van der Waals surface area (Å²) in [6.45, 7) is 5.74. The van der Waals surface area contributed by atoms with Gasteiger partial charge in [0.05, 0.1) is 4.75 Å². The molecule has 0 bridgehead atoms. The molecule has 0 aromatic heterocycles. The number of nitrogens with one attached hydrogen (secondary N) is 1. The van der Waals surface area contributed by atoms with Crippen LogP contribution in [0.4, 0.5) is 0 Å². The Balaban J connectivity index is 2.44. The van der Waals surface area contributed by atoms with Gasteiger partial charge in [0.2, 0.25) is 10.0 Å². The van der Waals surface area contributed by atoms with E-state index in [4.69, 9.17) is 0 Å². The Kier molecular flexibility index (Phi) is 4.23. The molecule has 15 heavy (non-hydrogen) atoms. The van der Waals surface area contributed by atoms with Crippen LogP contribution in [0.2, 0.25) is 0 Å². The van der Waals surface area contributed by atoms with Crippen LogP contribution in [0.15, 0.2) is 0 Å². The van der Waals surface area contributed by atoms with Gasteiger partial charge < -0.3 is 0 Å². The van der Waals surface area contributed by atoms with Crippen molar-refractivity contribution in [2.45, 2.75) is 49.6 Å². The molecule has 0 aromatic rings. The van der Waals surface area contributed by atoms with E-state index in [1.54, 1.807) is 20.8 Å². The van der Waals surface area contributed by atoms with Crippen LogP contribution in [0.1, 0.15) is 40.0 Å². The topological polar surface area (TPSA) is 46.2 Å². The van der Waals surface area contributed by atoms with Gasteiger partial charge in [-0.3, -0.25) is 0 Å². The minimum absolute atomic E-state index is 0.492. The van der Waals surface area contributed by atoms with Crippen LogP contribution < -0.4 is 4.72 Å². The minimum Gasteiger partial charge on any atom is -0.215 e. The first-order valence-corrected chi connectivity index (χ1v) is 7.75. The second kappa shape index (κ2) is 4.72. The minimum atomic E-state index is -3.17. The maximum Gasteiger partial charge on any atom is 0.216 e. The normalized spacial score (nSPS) is 28.3. The lowest BCUT2D eigenvalue weighted by molar-refractivity contribution is 0.504. The van der Waals surface area contributed by atoms with E-state index >= 15 is 0 Å². The number of rotatable bonds is 3. The summed E-state index contributed by atoms with van der Waals surface area (Å²) in [5.74, 6) is 0.492. The van der Waals surface area contributed by atoms with Crippen molar-refractivity contribution < 1.29 is 8.42 Å². The van der Waals surface area contributed by atoms with Crippen molar-refractivity contribution in [1.29, 1.82) is 0 Å². The molecule has 2 unspecified atom stereocenters. The number of hydrogen-bond donors (Lipinski definition) is 1. The summed E-state index contributed by atoms with van der Waals surface area (Å²) >= 11 is 3.56. The average molecular weight is 298 g/mol. The van der Waals surface area contributed by atoms with Gasteiger partial charge >= 0.3 is 0 Å². The van der Waals surface area contributed by atoms with Gasteiger partial charge in [-0.2, -0.15) is 0 Å². The Labute approximate surface area is 101 Å². The zero-order chi connectivity index (χ0) is 11.7. The first-order valence-electron chi connectivity index (χ1n) is 5.35. The molecule has 0 spiro atoms. The molecule has 0 amide bonds. The molecule has 1 N–H and O–H groups in total. The first kappa shape index (κ1) is 13.5. The number of sulfonamides is 1. The molecule has 3 nitrogen and oxygen atoms in total. The zero-order valence-corrected chi connectivity index (χ0v) is 12.0. The van der Waals surface area contributed by atoms with Crippen LogP contribution >= 0.6 is 15.9 Å². The molecule has 90 valence electrons. The summed E-state index contributed by atoms with van der Waals surface area (Å²) in [6, 6.07) is 0. The second-order valence-electron chi connectivity index (χ2n) is 5.24. The fraction of sp³-hybridized carbons (Fsp3) is 1.00. The van der Waals surface area contributed by atoms with Crippen LogP contribution in [0.5, 0.6) is 0 Å². The molecule has 5 heteroatoms. The quantitative estimate of drug-likeness (QED) is 0.812. The largest absolute Gasteiger partial charge is 0.216 e. The Morgan fingerprint density at radius 3 is 2.33 bits per heavy atom. The molecule has 0 saturated heterocycles. The molecular formula is C10H20BrNO2S. The van der Waals surface area contributed by atoms with Crippen molar-refractivity contribution in [1.82, 2.24) is 4.72 Å². The van der Waals surface area contributed by atoms with Crippen molar-refractivity contribution in [3.8, 4) is 0 Å². The van der Waals surface area contributed by atoms with E-state index in [2.05, 4.69) is 20.7 Å². The van der Waals surface area contributed by atoms with Gasteiger partial charge in [0.25, 0.3) is 0 Å². The van der Waals surface area contributed by atoms with E-state index in [9.17, 15) is 8.42 Å². The van der Waals surface area contributed by atoms with Gasteiger partial charge in [-0.1, -0.05) is 15.9 Å². The van der Waals surface area contributed by atoms with Gasteiger partial charge in [0, 0.05) is 11.4 Å². The van der Waals surface area contributed by atoms with Gasteiger partial charge in [-0.05, 0) is 46.0 Å². The lowest BCUT2D eigenvalue weighted by atomic mass is 10.1. The molecular weight excluding hydrogens is 278 g/mol. The van der Waals surface area contributed by atoms with E-state index in [0.717, 1.165) is 19.3 Å². The maximum atomic E-state index is 11.8. The predicted octanol–water partition coefficient (Wildman–Crippen LogP) is 2.27. The Morgan fingerprint density at radius 2 is 1.93 bits per heavy atom. The second-order valence-corrected chi connectivity index (χ2v) is 9.06. The predicted molar refractivity (Wildman–Crippen MR) is 66.7 cm³/mol. The monoisotopic (exact) mass is 297 g/mol. The number of halogens is 1. The third-order valence-electron chi connectivity index (χ3n) is 2.85. The highest BCUT2D eigenvalue weighted by atomic mass is 79.9. The molecule has 0 aromatic carbocycles. The van der Waals surface area contributed by atoms with Crippen molar-refractivity contribution >= 4 is 26.0 Å². The Bertz CT molecular complexity index is 308. The maximum absolute atomic E-state index is 11.8.